The van der Waals surface area contributed by atoms with Gasteiger partial charge in [0.15, 0.2) is 6.04 Å². The molecule has 16 heavy (non-hydrogen) atoms. The van der Waals surface area contributed by atoms with Crippen molar-refractivity contribution in [2.24, 2.45) is 0 Å². The maximum absolute atomic E-state index is 11.3. The van der Waals surface area contributed by atoms with Gasteiger partial charge in [0.05, 0.1) is 6.61 Å². The molecule has 1 amide bonds. The molecule has 0 radical (unpaired) electrons. The number of unbranched alkanes of at least 4 members (excludes halogenated alkanes) is 2. The van der Waals surface area contributed by atoms with E-state index in [4.69, 9.17) is 15.3 Å². The molecule has 0 unspecified atom stereocenters. The third kappa shape index (κ3) is 4.59. The smallest absolute Gasteiger partial charge is 0.328 e. The van der Waals surface area contributed by atoms with Crippen LogP contribution in [0.3, 0.4) is 0 Å². The predicted molar refractivity (Wildman–Crippen MR) is 56.8 cm³/mol. The van der Waals surface area contributed by atoms with Crippen LogP contribution in [0.15, 0.2) is 0 Å². The van der Waals surface area contributed by atoms with E-state index in [1.165, 1.54) is 0 Å². The standard InChI is InChI=1S/C10H19NO5/c1-2-3-4-5-11(9(14)7-13)8(6-12)10(15)16/h8,12-13H,2-7H2,1H3,(H,15,16)/t8-/m0/s1. The van der Waals surface area contributed by atoms with E-state index in [-0.39, 0.29) is 6.54 Å². The molecule has 0 aromatic rings. The van der Waals surface area contributed by atoms with Crippen LogP contribution < -0.4 is 0 Å². The lowest BCUT2D eigenvalue weighted by atomic mass is 10.2. The Hall–Kier alpha value is -1.14. The van der Waals surface area contributed by atoms with Gasteiger partial charge in [-0.15, -0.1) is 0 Å². The van der Waals surface area contributed by atoms with E-state index < -0.39 is 31.1 Å². The van der Waals surface area contributed by atoms with Crippen molar-refractivity contribution in [3.63, 3.8) is 0 Å². The highest BCUT2D eigenvalue weighted by molar-refractivity contribution is 5.84. The Morgan fingerprint density at radius 1 is 1.25 bits per heavy atom. The van der Waals surface area contributed by atoms with Crippen molar-refractivity contribution in [2.75, 3.05) is 19.8 Å². The summed E-state index contributed by atoms with van der Waals surface area (Å²) in [6, 6.07) is -1.27. The van der Waals surface area contributed by atoms with Crippen molar-refractivity contribution in [1.29, 1.82) is 0 Å². The minimum absolute atomic E-state index is 0.241. The molecule has 0 saturated carbocycles. The molecule has 3 N–H and O–H groups in total. The van der Waals surface area contributed by atoms with Gasteiger partial charge in [0.1, 0.15) is 6.61 Å². The number of aliphatic hydroxyl groups is 2. The second kappa shape index (κ2) is 8.06. The van der Waals surface area contributed by atoms with E-state index in [1.54, 1.807) is 0 Å². The first-order chi connectivity index (χ1) is 7.58. The van der Waals surface area contributed by atoms with Gasteiger partial charge in [-0.25, -0.2) is 4.79 Å². The number of amides is 1. The topological polar surface area (TPSA) is 98.1 Å². The van der Waals surface area contributed by atoms with Crippen LogP contribution in [0.5, 0.6) is 0 Å². The molecule has 0 aromatic heterocycles. The molecule has 0 aliphatic carbocycles. The maximum Gasteiger partial charge on any atom is 0.328 e. The lowest BCUT2D eigenvalue weighted by Gasteiger charge is -2.27. The number of carbonyl (C=O) groups is 2. The van der Waals surface area contributed by atoms with Gasteiger partial charge in [0.25, 0.3) is 0 Å². The van der Waals surface area contributed by atoms with E-state index in [1.807, 2.05) is 6.92 Å². The van der Waals surface area contributed by atoms with Gasteiger partial charge in [0.2, 0.25) is 5.91 Å². The molecule has 0 bridgehead atoms. The van der Waals surface area contributed by atoms with Crippen LogP contribution in [0.2, 0.25) is 0 Å². The highest BCUT2D eigenvalue weighted by atomic mass is 16.4. The summed E-state index contributed by atoms with van der Waals surface area (Å²) in [5, 5.41) is 26.4. The Kier molecular flexibility index (Phi) is 7.49. The molecule has 0 spiro atoms. The Balaban J connectivity index is 4.50. The molecule has 0 rings (SSSR count). The average molecular weight is 233 g/mol. The summed E-state index contributed by atoms with van der Waals surface area (Å²) in [5.41, 5.74) is 0. The van der Waals surface area contributed by atoms with E-state index in [9.17, 15) is 9.59 Å². The lowest BCUT2D eigenvalue weighted by Crippen LogP contribution is -2.48. The quantitative estimate of drug-likeness (QED) is 0.488. The van der Waals surface area contributed by atoms with E-state index in [0.717, 1.165) is 17.7 Å². The van der Waals surface area contributed by atoms with Crippen molar-refractivity contribution in [1.82, 2.24) is 4.90 Å². The van der Waals surface area contributed by atoms with Crippen molar-refractivity contribution >= 4 is 11.9 Å². The summed E-state index contributed by atoms with van der Waals surface area (Å²) < 4.78 is 0. The van der Waals surface area contributed by atoms with E-state index in [2.05, 4.69) is 0 Å². The fourth-order valence-corrected chi connectivity index (χ4v) is 1.39. The molecular weight excluding hydrogens is 214 g/mol. The summed E-state index contributed by atoms with van der Waals surface area (Å²) in [6.45, 7) is 0.840. The summed E-state index contributed by atoms with van der Waals surface area (Å²) in [5.74, 6) is -1.93. The average Bonchev–Trinajstić information content (AvgIpc) is 2.26. The maximum atomic E-state index is 11.3. The molecule has 0 aromatic carbocycles. The number of aliphatic hydroxyl groups excluding tert-OH is 2. The third-order valence-corrected chi connectivity index (χ3v) is 2.29. The first-order valence-corrected chi connectivity index (χ1v) is 5.32. The molecule has 1 atom stereocenters. The number of carboxylic acid groups (broad SMARTS) is 1. The molecule has 94 valence electrons. The number of carboxylic acids is 1. The highest BCUT2D eigenvalue weighted by Gasteiger charge is 2.27. The fraction of sp³-hybridized carbons (Fsp3) is 0.800. The Bertz CT molecular complexity index is 231. The highest BCUT2D eigenvalue weighted by Crippen LogP contribution is 2.05. The minimum Gasteiger partial charge on any atom is -0.480 e. The minimum atomic E-state index is -1.27. The molecule has 6 heteroatoms. The van der Waals surface area contributed by atoms with Crippen molar-refractivity contribution in [3.8, 4) is 0 Å². The van der Waals surface area contributed by atoms with Gasteiger partial charge < -0.3 is 20.2 Å². The van der Waals surface area contributed by atoms with Crippen molar-refractivity contribution < 1.29 is 24.9 Å². The SMILES string of the molecule is CCCCCN(C(=O)CO)[C@@H](CO)C(=O)O. The zero-order chi connectivity index (χ0) is 12.6. The number of carbonyl (C=O) groups excluding carboxylic acids is 1. The normalized spacial score (nSPS) is 12.2. The lowest BCUT2D eigenvalue weighted by molar-refractivity contribution is -0.153. The molecule has 0 aliphatic heterocycles. The van der Waals surface area contributed by atoms with Gasteiger partial charge in [-0.2, -0.15) is 0 Å². The summed E-state index contributed by atoms with van der Waals surface area (Å²) >= 11 is 0. The zero-order valence-electron chi connectivity index (χ0n) is 9.43. The number of rotatable bonds is 8. The number of nitrogens with zero attached hydrogens (tertiary/aromatic N) is 1. The van der Waals surface area contributed by atoms with Gasteiger partial charge in [0, 0.05) is 6.54 Å². The molecular formula is C10H19NO5. The van der Waals surface area contributed by atoms with Crippen LogP contribution >= 0.6 is 0 Å². The Morgan fingerprint density at radius 2 is 1.88 bits per heavy atom. The van der Waals surface area contributed by atoms with Gasteiger partial charge in [-0.05, 0) is 6.42 Å². The Morgan fingerprint density at radius 3 is 2.25 bits per heavy atom. The first kappa shape index (κ1) is 14.9. The van der Waals surface area contributed by atoms with Gasteiger partial charge in [-0.3, -0.25) is 4.79 Å². The number of hydrogen-bond donors (Lipinski definition) is 3. The van der Waals surface area contributed by atoms with Crippen molar-refractivity contribution in [3.05, 3.63) is 0 Å². The second-order valence-electron chi connectivity index (χ2n) is 3.49. The van der Waals surface area contributed by atoms with Crippen molar-refractivity contribution in [2.45, 2.75) is 32.2 Å². The van der Waals surface area contributed by atoms with Crippen LogP contribution in [0.25, 0.3) is 0 Å². The predicted octanol–water partition coefficient (Wildman–Crippen LogP) is -0.557. The summed E-state index contributed by atoms with van der Waals surface area (Å²) in [7, 11) is 0. The van der Waals surface area contributed by atoms with Crippen LogP contribution in [0, 0.1) is 0 Å². The molecule has 0 heterocycles. The molecule has 0 saturated heterocycles. The van der Waals surface area contributed by atoms with Crippen LogP contribution in [-0.2, 0) is 9.59 Å². The summed E-state index contributed by atoms with van der Waals surface area (Å²) in [4.78, 5) is 23.1. The first-order valence-electron chi connectivity index (χ1n) is 5.32. The largest absolute Gasteiger partial charge is 0.480 e. The monoisotopic (exact) mass is 233 g/mol. The van der Waals surface area contributed by atoms with Crippen LogP contribution in [0.1, 0.15) is 26.2 Å². The van der Waals surface area contributed by atoms with Gasteiger partial charge >= 0.3 is 5.97 Å². The molecule has 0 fully saturated rings. The summed E-state index contributed by atoms with van der Waals surface area (Å²) in [6.07, 6.45) is 2.47. The fourth-order valence-electron chi connectivity index (χ4n) is 1.39. The van der Waals surface area contributed by atoms with Gasteiger partial charge in [-0.1, -0.05) is 19.8 Å². The zero-order valence-corrected chi connectivity index (χ0v) is 9.43. The van der Waals surface area contributed by atoms with Crippen LogP contribution in [-0.4, -0.2) is 57.9 Å². The third-order valence-electron chi connectivity index (χ3n) is 2.29. The second-order valence-corrected chi connectivity index (χ2v) is 3.49. The molecule has 6 nitrogen and oxygen atoms in total. The number of aliphatic carboxylic acids is 1. The van der Waals surface area contributed by atoms with E-state index in [0.29, 0.717) is 6.42 Å². The van der Waals surface area contributed by atoms with Crippen LogP contribution in [0.4, 0.5) is 0 Å². The Labute approximate surface area is 94.5 Å². The molecule has 0 aliphatic rings. The number of hydrogen-bond acceptors (Lipinski definition) is 4. The van der Waals surface area contributed by atoms with E-state index >= 15 is 0 Å².